The molecule has 3 fully saturated rings. The number of carbonyl (C=O) groups is 2. The number of unbranched alkanes of at least 4 members (excludes halogenated alkanes) is 1. The van der Waals surface area contributed by atoms with E-state index < -0.39 is 5.54 Å². The molecule has 2 atom stereocenters. The molecule has 196 valence electrons. The van der Waals surface area contributed by atoms with Crippen LogP contribution in [0.5, 0.6) is 0 Å². The molecule has 1 saturated carbocycles. The molecule has 7 nitrogen and oxygen atoms in total. The van der Waals surface area contributed by atoms with Gasteiger partial charge in [0, 0.05) is 36.9 Å². The lowest BCUT2D eigenvalue weighted by Gasteiger charge is -2.53. The first-order valence-electron chi connectivity index (χ1n) is 14.3. The predicted molar refractivity (Wildman–Crippen MR) is 139 cm³/mol. The number of H-pyrrole nitrogens is 1. The molecule has 0 radical (unpaired) electrons. The van der Waals surface area contributed by atoms with Gasteiger partial charge < -0.3 is 10.2 Å². The minimum atomic E-state index is -0.691. The van der Waals surface area contributed by atoms with Gasteiger partial charge in [-0.2, -0.15) is 5.10 Å². The van der Waals surface area contributed by atoms with E-state index >= 15 is 0 Å². The Morgan fingerprint density at radius 2 is 1.77 bits per heavy atom. The standard InChI is InChI=1S/C28H47N5O2/c1-5-7-16-33-26(34)23(19-22-12-9-8-10-13-22)29-27(35)28(33)14-17-32(18-15-28)24(11-6-2)25-20(3)30-31-21(25)4/h22-24H,5-19H2,1-4H3,(H,29,35)(H,30,31)/t23-,24?/m0/s1. The summed E-state index contributed by atoms with van der Waals surface area (Å²) in [5.74, 6) is 0.832. The Balaban J connectivity index is 1.51. The summed E-state index contributed by atoms with van der Waals surface area (Å²) in [7, 11) is 0. The molecule has 2 amide bonds. The van der Waals surface area contributed by atoms with Gasteiger partial charge in [-0.15, -0.1) is 0 Å². The number of rotatable bonds is 9. The summed E-state index contributed by atoms with van der Waals surface area (Å²) in [4.78, 5) is 32.1. The van der Waals surface area contributed by atoms with Crippen molar-refractivity contribution in [1.29, 1.82) is 0 Å². The maximum Gasteiger partial charge on any atom is 0.246 e. The Labute approximate surface area is 211 Å². The number of hydrogen-bond donors (Lipinski definition) is 2. The highest BCUT2D eigenvalue weighted by Crippen LogP contribution is 2.39. The Bertz CT molecular complexity index is 847. The third kappa shape index (κ3) is 5.30. The summed E-state index contributed by atoms with van der Waals surface area (Å²) in [6, 6.07) is -0.0308. The first kappa shape index (κ1) is 26.2. The van der Waals surface area contributed by atoms with Crippen molar-refractivity contribution < 1.29 is 9.59 Å². The topological polar surface area (TPSA) is 81.3 Å². The number of likely N-dealkylation sites (tertiary alicyclic amines) is 1. The first-order chi connectivity index (χ1) is 16.9. The number of hydrogen-bond acceptors (Lipinski definition) is 4. The van der Waals surface area contributed by atoms with Crippen LogP contribution in [0.25, 0.3) is 0 Å². The van der Waals surface area contributed by atoms with Crippen molar-refractivity contribution in [2.75, 3.05) is 19.6 Å². The number of nitrogens with one attached hydrogen (secondary N) is 2. The van der Waals surface area contributed by atoms with Crippen molar-refractivity contribution in [2.45, 2.75) is 122 Å². The van der Waals surface area contributed by atoms with Gasteiger partial charge in [-0.3, -0.25) is 19.6 Å². The molecule has 1 spiro atoms. The zero-order chi connectivity index (χ0) is 25.0. The second-order valence-corrected chi connectivity index (χ2v) is 11.3. The van der Waals surface area contributed by atoms with Gasteiger partial charge in [0.15, 0.2) is 0 Å². The number of piperazine rings is 1. The third-order valence-corrected chi connectivity index (χ3v) is 8.98. The SMILES string of the molecule is CCCCN1C(=O)[C@H](CC2CCCCC2)NC(=O)C12CCN(C(CCC)c1c(C)n[nH]c1C)CC2. The highest BCUT2D eigenvalue weighted by atomic mass is 16.2. The van der Waals surface area contributed by atoms with Crippen molar-refractivity contribution in [3.8, 4) is 0 Å². The van der Waals surface area contributed by atoms with Crippen molar-refractivity contribution in [3.05, 3.63) is 17.0 Å². The Morgan fingerprint density at radius 3 is 2.37 bits per heavy atom. The number of carbonyl (C=O) groups excluding carboxylic acids is 2. The molecule has 4 rings (SSSR count). The van der Waals surface area contributed by atoms with E-state index in [-0.39, 0.29) is 17.9 Å². The third-order valence-electron chi connectivity index (χ3n) is 8.98. The molecule has 2 aliphatic heterocycles. The number of aromatic amines is 1. The highest BCUT2D eigenvalue weighted by Gasteiger charge is 2.54. The van der Waals surface area contributed by atoms with Crippen molar-refractivity contribution in [3.63, 3.8) is 0 Å². The Kier molecular flexibility index (Phi) is 8.56. The van der Waals surface area contributed by atoms with Crippen LogP contribution in [-0.2, 0) is 9.59 Å². The Morgan fingerprint density at radius 1 is 1.06 bits per heavy atom. The van der Waals surface area contributed by atoms with E-state index in [9.17, 15) is 9.59 Å². The minimum absolute atomic E-state index is 0.0939. The fourth-order valence-electron chi connectivity index (χ4n) is 6.97. The van der Waals surface area contributed by atoms with Gasteiger partial charge in [0.05, 0.1) is 5.69 Å². The molecule has 3 heterocycles. The van der Waals surface area contributed by atoms with Crippen LogP contribution in [0.1, 0.15) is 114 Å². The first-order valence-corrected chi connectivity index (χ1v) is 14.3. The maximum absolute atomic E-state index is 13.8. The normalized spacial score (nSPS) is 24.7. The summed E-state index contributed by atoms with van der Waals surface area (Å²) >= 11 is 0. The van der Waals surface area contributed by atoms with E-state index in [4.69, 9.17) is 0 Å². The molecular weight excluding hydrogens is 438 g/mol. The van der Waals surface area contributed by atoms with Crippen LogP contribution >= 0.6 is 0 Å². The molecule has 0 bridgehead atoms. The molecule has 1 aliphatic carbocycles. The van der Waals surface area contributed by atoms with Crippen LogP contribution < -0.4 is 5.32 Å². The van der Waals surface area contributed by atoms with E-state index in [2.05, 4.69) is 48.1 Å². The molecule has 2 saturated heterocycles. The lowest BCUT2D eigenvalue weighted by atomic mass is 9.78. The number of piperidine rings is 1. The van der Waals surface area contributed by atoms with Crippen LogP contribution in [0.4, 0.5) is 0 Å². The Hall–Kier alpha value is -1.89. The molecule has 1 unspecified atom stereocenters. The van der Waals surface area contributed by atoms with Gasteiger partial charge in [0.25, 0.3) is 0 Å². The van der Waals surface area contributed by atoms with Crippen LogP contribution in [0, 0.1) is 19.8 Å². The molecule has 2 N–H and O–H groups in total. The molecular formula is C28H47N5O2. The summed E-state index contributed by atoms with van der Waals surface area (Å²) < 4.78 is 0. The second-order valence-electron chi connectivity index (χ2n) is 11.3. The number of nitrogens with zero attached hydrogens (tertiary/aromatic N) is 3. The van der Waals surface area contributed by atoms with E-state index in [1.165, 1.54) is 37.7 Å². The fourth-order valence-corrected chi connectivity index (χ4v) is 6.97. The quantitative estimate of drug-likeness (QED) is 0.526. The molecule has 7 heteroatoms. The lowest BCUT2D eigenvalue weighted by Crippen LogP contribution is -2.73. The smallest absolute Gasteiger partial charge is 0.246 e. The van der Waals surface area contributed by atoms with Gasteiger partial charge in [-0.05, 0) is 51.9 Å². The summed E-state index contributed by atoms with van der Waals surface area (Å²) in [5, 5.41) is 10.8. The average molecular weight is 486 g/mol. The van der Waals surface area contributed by atoms with E-state index in [0.717, 1.165) is 56.6 Å². The molecule has 35 heavy (non-hydrogen) atoms. The highest BCUT2D eigenvalue weighted by molar-refractivity contribution is 6.00. The van der Waals surface area contributed by atoms with Crippen molar-refractivity contribution in [2.24, 2.45) is 5.92 Å². The minimum Gasteiger partial charge on any atom is -0.342 e. The van der Waals surface area contributed by atoms with Gasteiger partial charge >= 0.3 is 0 Å². The lowest BCUT2D eigenvalue weighted by molar-refractivity contribution is -0.162. The van der Waals surface area contributed by atoms with Crippen LogP contribution in [-0.4, -0.2) is 63.0 Å². The molecule has 1 aromatic rings. The predicted octanol–water partition coefficient (Wildman–Crippen LogP) is 4.80. The van der Waals surface area contributed by atoms with E-state index in [0.29, 0.717) is 31.3 Å². The van der Waals surface area contributed by atoms with Crippen LogP contribution in [0.3, 0.4) is 0 Å². The van der Waals surface area contributed by atoms with E-state index in [1.807, 2.05) is 4.90 Å². The van der Waals surface area contributed by atoms with Crippen molar-refractivity contribution >= 4 is 11.8 Å². The summed E-state index contributed by atoms with van der Waals surface area (Å²) in [6.07, 6.45) is 12.6. The largest absolute Gasteiger partial charge is 0.342 e. The van der Waals surface area contributed by atoms with E-state index in [1.54, 1.807) is 0 Å². The van der Waals surface area contributed by atoms with Crippen LogP contribution in [0.15, 0.2) is 0 Å². The zero-order valence-electron chi connectivity index (χ0n) is 22.5. The summed E-state index contributed by atoms with van der Waals surface area (Å²) in [6.45, 7) is 10.9. The number of amides is 2. The summed E-state index contributed by atoms with van der Waals surface area (Å²) in [5.41, 5.74) is 2.83. The van der Waals surface area contributed by atoms with Gasteiger partial charge in [0.2, 0.25) is 11.8 Å². The zero-order valence-corrected chi connectivity index (χ0v) is 22.5. The van der Waals surface area contributed by atoms with Crippen LogP contribution in [0.2, 0.25) is 0 Å². The second kappa shape index (κ2) is 11.4. The maximum atomic E-state index is 13.8. The number of aromatic nitrogens is 2. The van der Waals surface area contributed by atoms with Gasteiger partial charge in [0.1, 0.15) is 11.6 Å². The molecule has 3 aliphatic rings. The van der Waals surface area contributed by atoms with Crippen molar-refractivity contribution in [1.82, 2.24) is 25.3 Å². The fraction of sp³-hybridized carbons (Fsp3) is 0.821. The van der Waals surface area contributed by atoms with Gasteiger partial charge in [-0.1, -0.05) is 58.8 Å². The molecule has 1 aromatic heterocycles. The van der Waals surface area contributed by atoms with Gasteiger partial charge in [-0.25, -0.2) is 0 Å². The average Bonchev–Trinajstić information content (AvgIpc) is 3.20. The number of aryl methyl sites for hydroxylation is 2. The monoisotopic (exact) mass is 485 g/mol. The molecule has 0 aromatic carbocycles.